The lowest BCUT2D eigenvalue weighted by molar-refractivity contribution is -0.164. The molecule has 232 valence electrons. The number of ether oxygens (including phenoxy) is 3. The number of nitrogens with zero attached hydrogens (tertiary/aromatic N) is 5. The second kappa shape index (κ2) is 12.9. The summed E-state index contributed by atoms with van der Waals surface area (Å²) in [6.07, 6.45) is 2.23. The highest BCUT2D eigenvalue weighted by molar-refractivity contribution is 6.35. The van der Waals surface area contributed by atoms with Gasteiger partial charge in [0.15, 0.2) is 5.79 Å². The zero-order chi connectivity index (χ0) is 30.8. The first-order valence-electron chi connectivity index (χ1n) is 15.0. The molecule has 9 nitrogen and oxygen atoms in total. The van der Waals surface area contributed by atoms with Crippen molar-refractivity contribution in [2.24, 2.45) is 0 Å². The van der Waals surface area contributed by atoms with Crippen LogP contribution in [0, 0.1) is 0 Å². The number of benzene rings is 3. The van der Waals surface area contributed by atoms with E-state index >= 15 is 0 Å². The van der Waals surface area contributed by atoms with Crippen molar-refractivity contribution in [3.8, 4) is 11.4 Å². The molecule has 4 aromatic rings. The summed E-state index contributed by atoms with van der Waals surface area (Å²) in [6, 6.07) is 21.7. The first-order chi connectivity index (χ1) is 21.2. The Morgan fingerprint density at radius 3 is 2.18 bits per heavy atom. The summed E-state index contributed by atoms with van der Waals surface area (Å²) in [7, 11) is 0. The number of aromatic nitrogens is 3. The molecule has 0 aliphatic carbocycles. The molecule has 3 atom stereocenters. The van der Waals surface area contributed by atoms with E-state index in [1.165, 1.54) is 0 Å². The maximum atomic E-state index is 12.8. The van der Waals surface area contributed by atoms with Gasteiger partial charge in [-0.25, -0.2) is 14.0 Å². The largest absolute Gasteiger partial charge is 0.491 e. The molecule has 2 aliphatic rings. The molecule has 0 N–H and O–H groups in total. The van der Waals surface area contributed by atoms with Crippen LogP contribution in [0.3, 0.4) is 0 Å². The van der Waals surface area contributed by atoms with Crippen LogP contribution in [-0.4, -0.2) is 59.8 Å². The van der Waals surface area contributed by atoms with Crippen molar-refractivity contribution >= 4 is 34.6 Å². The van der Waals surface area contributed by atoms with Gasteiger partial charge in [0.25, 0.3) is 0 Å². The van der Waals surface area contributed by atoms with Crippen molar-refractivity contribution in [1.29, 1.82) is 0 Å². The number of piperazine rings is 1. The van der Waals surface area contributed by atoms with Crippen molar-refractivity contribution in [2.45, 2.75) is 45.1 Å². The molecule has 0 saturated carbocycles. The summed E-state index contributed by atoms with van der Waals surface area (Å²) in [5.74, 6) is -0.163. The van der Waals surface area contributed by atoms with Gasteiger partial charge >= 0.3 is 5.69 Å². The molecule has 0 bridgehead atoms. The van der Waals surface area contributed by atoms with Gasteiger partial charge < -0.3 is 24.0 Å². The Labute approximate surface area is 267 Å². The van der Waals surface area contributed by atoms with Crippen molar-refractivity contribution in [2.75, 3.05) is 49.2 Å². The van der Waals surface area contributed by atoms with Crippen LogP contribution in [0.1, 0.15) is 38.8 Å². The first kappa shape index (κ1) is 30.5. The summed E-state index contributed by atoms with van der Waals surface area (Å²) in [6.45, 7) is 10.3. The van der Waals surface area contributed by atoms with Crippen LogP contribution in [-0.2, 0) is 15.3 Å². The number of anilines is 2. The van der Waals surface area contributed by atoms with Gasteiger partial charge in [0.2, 0.25) is 0 Å². The molecule has 44 heavy (non-hydrogen) atoms. The summed E-state index contributed by atoms with van der Waals surface area (Å²) in [5.41, 5.74) is 3.76. The predicted octanol–water partition coefficient (Wildman–Crippen LogP) is 6.31. The SMILES string of the molecule is CC[C@@H](C)n1ncn(-c2ccc(N3CCN(c4ccc(OC[C@H]5CO[C@@](C)(c6ccc(Cl)cc6Cl)O5)cc4)CC3)cc2)c1=O. The van der Waals surface area contributed by atoms with Crippen LogP contribution in [0.2, 0.25) is 10.0 Å². The zero-order valence-corrected chi connectivity index (χ0v) is 26.7. The van der Waals surface area contributed by atoms with E-state index in [4.69, 9.17) is 37.4 Å². The van der Waals surface area contributed by atoms with Gasteiger partial charge in [-0.05, 0) is 80.9 Å². The van der Waals surface area contributed by atoms with Crippen LogP contribution in [0.15, 0.2) is 77.9 Å². The molecule has 2 aliphatic heterocycles. The summed E-state index contributed by atoms with van der Waals surface area (Å²) in [5, 5.41) is 5.37. The van der Waals surface area contributed by atoms with Crippen molar-refractivity contribution in [3.63, 3.8) is 0 Å². The van der Waals surface area contributed by atoms with Gasteiger partial charge in [0.1, 0.15) is 24.8 Å². The maximum absolute atomic E-state index is 12.8. The van der Waals surface area contributed by atoms with Crippen molar-refractivity contribution in [3.05, 3.63) is 99.2 Å². The zero-order valence-electron chi connectivity index (χ0n) is 25.2. The second-order valence-electron chi connectivity index (χ2n) is 11.4. The minimum absolute atomic E-state index is 0.0725. The Hall–Kier alpha value is -3.50. The Kier molecular flexibility index (Phi) is 8.91. The van der Waals surface area contributed by atoms with E-state index in [9.17, 15) is 4.79 Å². The topological polar surface area (TPSA) is 74.0 Å². The highest BCUT2D eigenvalue weighted by atomic mass is 35.5. The molecule has 0 amide bonds. The Bertz CT molecular complexity index is 1630. The van der Waals surface area contributed by atoms with Gasteiger partial charge in [-0.2, -0.15) is 5.10 Å². The highest BCUT2D eigenvalue weighted by Crippen LogP contribution is 2.38. The average Bonchev–Trinajstić information content (AvgIpc) is 3.62. The molecule has 3 heterocycles. The number of hydrogen-bond donors (Lipinski definition) is 0. The standard InChI is InChI=1S/C33H37Cl2N5O4/c1-4-23(2)40-32(41)39(22-36-40)27-8-6-25(7-9-27)37-15-17-38(18-16-37)26-10-12-28(13-11-26)42-20-29-21-43-33(3,44-29)30-14-5-24(34)19-31(30)35/h5-14,19,22-23,29H,4,15-18,20-21H2,1-3H3/t23-,29+,33-/m1/s1. The van der Waals surface area contributed by atoms with Crippen LogP contribution in [0.4, 0.5) is 11.4 Å². The molecular formula is C33H37Cl2N5O4. The Morgan fingerprint density at radius 2 is 1.57 bits per heavy atom. The quantitative estimate of drug-likeness (QED) is 0.213. The summed E-state index contributed by atoms with van der Waals surface area (Å²) < 4.78 is 21.3. The molecule has 1 aromatic heterocycles. The third-order valence-electron chi connectivity index (χ3n) is 8.47. The lowest BCUT2D eigenvalue weighted by atomic mass is 10.1. The third kappa shape index (κ3) is 6.33. The molecule has 3 aromatic carbocycles. The second-order valence-corrected chi connectivity index (χ2v) is 12.2. The molecule has 0 spiro atoms. The van der Waals surface area contributed by atoms with Crippen molar-refractivity contribution < 1.29 is 14.2 Å². The van der Waals surface area contributed by atoms with Crippen LogP contribution in [0.5, 0.6) is 5.75 Å². The van der Waals surface area contributed by atoms with Crippen LogP contribution in [0.25, 0.3) is 5.69 Å². The van der Waals surface area contributed by atoms with E-state index in [-0.39, 0.29) is 17.8 Å². The Balaban J connectivity index is 0.991. The maximum Gasteiger partial charge on any atom is 0.350 e. The minimum atomic E-state index is -0.944. The Morgan fingerprint density at radius 1 is 0.955 bits per heavy atom. The average molecular weight is 639 g/mol. The summed E-state index contributed by atoms with van der Waals surface area (Å²) >= 11 is 12.4. The van der Waals surface area contributed by atoms with E-state index in [0.29, 0.717) is 23.3 Å². The van der Waals surface area contributed by atoms with Gasteiger partial charge in [0, 0.05) is 48.1 Å². The fourth-order valence-corrected chi connectivity index (χ4v) is 6.26. The summed E-state index contributed by atoms with van der Waals surface area (Å²) in [4.78, 5) is 17.5. The van der Waals surface area contributed by atoms with Gasteiger partial charge in [-0.1, -0.05) is 36.2 Å². The number of rotatable bonds is 9. The van der Waals surface area contributed by atoms with Gasteiger partial charge in [-0.15, -0.1) is 0 Å². The molecule has 6 rings (SSSR count). The van der Waals surface area contributed by atoms with Crippen LogP contribution < -0.4 is 20.2 Å². The normalized spacial score (nSPS) is 21.1. The number of hydrogen-bond acceptors (Lipinski definition) is 7. The van der Waals surface area contributed by atoms with Gasteiger partial charge in [-0.3, -0.25) is 0 Å². The van der Waals surface area contributed by atoms with E-state index in [2.05, 4.69) is 39.2 Å². The third-order valence-corrected chi connectivity index (χ3v) is 9.02. The molecular weight excluding hydrogens is 601 g/mol. The lowest BCUT2D eigenvalue weighted by Crippen LogP contribution is -2.46. The molecule has 2 saturated heterocycles. The minimum Gasteiger partial charge on any atom is -0.491 e. The molecule has 2 fully saturated rings. The fraction of sp³-hybridized carbons (Fsp3) is 0.394. The first-order valence-corrected chi connectivity index (χ1v) is 15.8. The fourth-order valence-electron chi connectivity index (χ4n) is 5.68. The molecule has 0 radical (unpaired) electrons. The molecule has 0 unspecified atom stereocenters. The monoisotopic (exact) mass is 637 g/mol. The number of halogens is 2. The van der Waals surface area contributed by atoms with E-state index in [0.717, 1.165) is 61.0 Å². The lowest BCUT2D eigenvalue weighted by Gasteiger charge is -2.37. The van der Waals surface area contributed by atoms with Crippen LogP contribution >= 0.6 is 23.2 Å². The van der Waals surface area contributed by atoms with E-state index in [1.807, 2.05) is 51.1 Å². The van der Waals surface area contributed by atoms with E-state index < -0.39 is 5.79 Å². The van der Waals surface area contributed by atoms with Gasteiger partial charge in [0.05, 0.1) is 23.4 Å². The smallest absolute Gasteiger partial charge is 0.350 e. The van der Waals surface area contributed by atoms with Crippen molar-refractivity contribution in [1.82, 2.24) is 14.3 Å². The highest BCUT2D eigenvalue weighted by Gasteiger charge is 2.40. The predicted molar refractivity (Wildman–Crippen MR) is 174 cm³/mol. The molecule has 11 heteroatoms. The van der Waals surface area contributed by atoms with E-state index in [1.54, 1.807) is 27.7 Å².